The van der Waals surface area contributed by atoms with Crippen LogP contribution < -0.4 is 24.8 Å². The van der Waals surface area contributed by atoms with Crippen LogP contribution in [0, 0.1) is 0 Å². The largest absolute Gasteiger partial charge is 1.00 e. The Morgan fingerprint density at radius 3 is 1.20 bits per heavy atom. The fourth-order valence-corrected chi connectivity index (χ4v) is 50.0. The number of halogens is 8. The number of rotatable bonds is 6. The number of allylic oxidation sites excluding steroid dienone is 2. The first-order valence-electron chi connectivity index (χ1n) is 18.4. The fraction of sp³-hybridized carbons (Fsp3) is 0.217. The molecule has 0 aromatic heterocycles. The second-order valence-electron chi connectivity index (χ2n) is 14.5. The summed E-state index contributed by atoms with van der Waals surface area (Å²) in [5, 5.41) is 1.61. The van der Waals surface area contributed by atoms with Gasteiger partial charge in [-0.3, -0.25) is 0 Å². The fourth-order valence-electron chi connectivity index (χ4n) is 9.05. The Morgan fingerprint density at radius 2 is 0.857 bits per heavy atom. The summed E-state index contributed by atoms with van der Waals surface area (Å²) in [6.07, 6.45) is -2.41. The molecule has 0 nitrogen and oxygen atoms in total. The number of fused-ring (bicyclic) bond motifs is 4. The summed E-state index contributed by atoms with van der Waals surface area (Å²) in [4.78, 5) is 5.10. The molecule has 56 heavy (non-hydrogen) atoms. The Labute approximate surface area is 345 Å². The van der Waals surface area contributed by atoms with Gasteiger partial charge in [0.25, 0.3) is 0 Å². The van der Waals surface area contributed by atoms with Crippen LogP contribution in [0.3, 0.4) is 0 Å². The molecule has 2 aliphatic carbocycles. The number of hydrogen-bond donors (Lipinski definition) is 0. The van der Waals surface area contributed by atoms with E-state index in [4.69, 9.17) is 0 Å². The van der Waals surface area contributed by atoms with Crippen molar-refractivity contribution in [3.05, 3.63) is 154 Å². The molecule has 0 fully saturated rings. The quantitative estimate of drug-likeness (QED) is 0.116. The molecule has 6 aromatic rings. The molecule has 2 unspecified atom stereocenters. The molecule has 6 aromatic carbocycles. The average molecular weight is 986 g/mol. The van der Waals surface area contributed by atoms with Crippen molar-refractivity contribution >= 4 is 48.3 Å². The standard InChI is InChI=1S/2C22H16F3.2CH3.2ClH.Sn.Zr/c2*1-2-14-12-15-6-5-9-17(20(15)13-14)18-10-11-21(22(23,24)25)19-8-4-3-7-16(18)19;;;;;;/h2*3-13H,2H2,1H3;2*1H3;2*1H;;/q;;;;;;;+2/p-2. The first kappa shape index (κ1) is 42.8. The Morgan fingerprint density at radius 1 is 0.482 bits per heavy atom. The second kappa shape index (κ2) is 16.4. The molecule has 0 N–H and O–H groups in total. The monoisotopic (exact) mass is 984 g/mol. The van der Waals surface area contributed by atoms with E-state index in [-0.39, 0.29) is 35.6 Å². The molecule has 0 heterocycles. The molecule has 0 saturated carbocycles. The SMILES string of the molecule is CCC1=Cc2c(-c3ccc(C(F)(F)F)c4ccccc34)cccc2[CH]1[Zr+2]([CH]1C(CC)=Cc2c(-c3ccc(C(F)(F)F)c4ccccc34)cccc21)=[Sn]([CH3])[CH3].[Cl-].[Cl-]. The predicted molar refractivity (Wildman–Crippen MR) is 208 cm³/mol. The Hall–Kier alpha value is -2.84. The third-order valence-electron chi connectivity index (χ3n) is 11.4. The van der Waals surface area contributed by atoms with Gasteiger partial charge in [0.15, 0.2) is 0 Å². The van der Waals surface area contributed by atoms with Crippen molar-refractivity contribution in [2.24, 2.45) is 0 Å². The van der Waals surface area contributed by atoms with Crippen molar-refractivity contribution < 1.29 is 68.1 Å². The maximum absolute atomic E-state index is 14.1. The minimum atomic E-state index is -4.45. The summed E-state index contributed by atoms with van der Waals surface area (Å²) >= 11 is -4.47. The molecular formula is C46H38Cl2F6SnZr. The van der Waals surface area contributed by atoms with E-state index in [1.165, 1.54) is 34.4 Å². The van der Waals surface area contributed by atoms with E-state index in [1.54, 1.807) is 48.5 Å². The summed E-state index contributed by atoms with van der Waals surface area (Å²) in [5.41, 5.74) is 10.1. The molecule has 286 valence electrons. The van der Waals surface area contributed by atoms with Crippen LogP contribution in [0.15, 0.2) is 120 Å². The smallest absolute Gasteiger partial charge is 1.00 e. The predicted octanol–water partition coefficient (Wildman–Crippen LogP) is 8.64. The van der Waals surface area contributed by atoms with Gasteiger partial charge in [-0.1, -0.05) is 0 Å². The van der Waals surface area contributed by atoms with Gasteiger partial charge in [-0.25, -0.2) is 0 Å². The van der Waals surface area contributed by atoms with E-state index in [2.05, 4.69) is 72.3 Å². The van der Waals surface area contributed by atoms with Crippen LogP contribution in [0.1, 0.15) is 67.3 Å². The second-order valence-corrected chi connectivity index (χ2v) is 51.5. The number of benzene rings is 6. The maximum atomic E-state index is 14.1. The van der Waals surface area contributed by atoms with Crippen molar-refractivity contribution in [3.8, 4) is 22.3 Å². The van der Waals surface area contributed by atoms with Crippen molar-refractivity contribution in [1.82, 2.24) is 0 Å². The summed E-state index contributed by atoms with van der Waals surface area (Å²) < 4.78 is 85.3. The normalized spacial score (nSPS) is 15.9. The zero-order valence-electron chi connectivity index (χ0n) is 31.1. The van der Waals surface area contributed by atoms with Crippen molar-refractivity contribution in [2.75, 3.05) is 0 Å². The molecular weight excluding hydrogens is 947 g/mol. The third-order valence-corrected chi connectivity index (χ3v) is 49.9. The molecule has 8 rings (SSSR count). The Bertz CT molecular complexity index is 2430. The Balaban J connectivity index is 0.00000266. The summed E-state index contributed by atoms with van der Waals surface area (Å²) in [6, 6.07) is 32.2. The third kappa shape index (κ3) is 7.26. The molecule has 0 spiro atoms. The van der Waals surface area contributed by atoms with Crippen LogP contribution in [0.5, 0.6) is 0 Å². The minimum Gasteiger partial charge on any atom is -1.00 e. The van der Waals surface area contributed by atoms with E-state index in [0.29, 0.717) is 18.0 Å². The van der Waals surface area contributed by atoms with Crippen LogP contribution >= 0.6 is 0 Å². The van der Waals surface area contributed by atoms with Crippen molar-refractivity contribution in [2.45, 2.75) is 56.2 Å². The van der Waals surface area contributed by atoms with Crippen molar-refractivity contribution in [1.29, 1.82) is 0 Å². The molecule has 0 amide bonds. The van der Waals surface area contributed by atoms with Crippen molar-refractivity contribution in [3.63, 3.8) is 0 Å². The average Bonchev–Trinajstić information content (AvgIpc) is 3.72. The van der Waals surface area contributed by atoms with Gasteiger partial charge in [-0.2, -0.15) is 0 Å². The van der Waals surface area contributed by atoms with Crippen LogP contribution in [0.25, 0.3) is 56.0 Å². The van der Waals surface area contributed by atoms with Gasteiger partial charge in [0.05, 0.1) is 0 Å². The van der Waals surface area contributed by atoms with E-state index < -0.39 is 55.0 Å². The molecule has 10 heteroatoms. The van der Waals surface area contributed by atoms with Gasteiger partial charge in [-0.15, -0.1) is 0 Å². The van der Waals surface area contributed by atoms with Crippen LogP contribution in [-0.2, 0) is 29.3 Å². The molecule has 2 atom stereocenters. The van der Waals surface area contributed by atoms with E-state index in [0.717, 1.165) is 46.2 Å². The van der Waals surface area contributed by atoms with Gasteiger partial charge in [0.2, 0.25) is 0 Å². The van der Waals surface area contributed by atoms with E-state index in [1.807, 2.05) is 12.1 Å². The summed E-state index contributed by atoms with van der Waals surface area (Å²) in [6.45, 7) is 4.44. The number of alkyl halides is 6. The Kier molecular flexibility index (Phi) is 12.5. The molecule has 0 saturated heterocycles. The first-order chi connectivity index (χ1) is 25.8. The first-order valence-corrected chi connectivity index (χ1v) is 36.6. The summed E-state index contributed by atoms with van der Waals surface area (Å²) in [7, 11) is 0. The van der Waals surface area contributed by atoms with Gasteiger partial charge in [0.1, 0.15) is 0 Å². The molecule has 0 radical (unpaired) electrons. The van der Waals surface area contributed by atoms with E-state index in [9.17, 15) is 26.3 Å². The number of hydrogen-bond acceptors (Lipinski definition) is 0. The van der Waals surface area contributed by atoms with Gasteiger partial charge < -0.3 is 24.8 Å². The van der Waals surface area contributed by atoms with Crippen LogP contribution in [0.2, 0.25) is 9.88 Å². The van der Waals surface area contributed by atoms with Gasteiger partial charge in [-0.05, 0) is 0 Å². The van der Waals surface area contributed by atoms with Gasteiger partial charge >= 0.3 is 324 Å². The molecule has 0 aliphatic heterocycles. The van der Waals surface area contributed by atoms with E-state index >= 15 is 0 Å². The van der Waals surface area contributed by atoms with Crippen LogP contribution in [0.4, 0.5) is 26.3 Å². The summed E-state index contributed by atoms with van der Waals surface area (Å²) in [5.74, 6) is 0. The topological polar surface area (TPSA) is 0 Å². The molecule has 0 bridgehead atoms. The molecule has 2 aliphatic rings. The van der Waals surface area contributed by atoms with Crippen LogP contribution in [-0.4, -0.2) is 14.6 Å². The minimum absolute atomic E-state index is 0. The zero-order chi connectivity index (χ0) is 38.1. The van der Waals surface area contributed by atoms with Gasteiger partial charge in [0, 0.05) is 0 Å². The zero-order valence-corrected chi connectivity index (χ0v) is 38.0. The maximum Gasteiger partial charge on any atom is -1.00 e.